The van der Waals surface area contributed by atoms with E-state index in [1.165, 1.54) is 11.3 Å². The van der Waals surface area contributed by atoms with Gasteiger partial charge in [-0.3, -0.25) is 4.72 Å². The van der Waals surface area contributed by atoms with Crippen molar-refractivity contribution in [3.63, 3.8) is 0 Å². The van der Waals surface area contributed by atoms with Crippen LogP contribution in [0.15, 0.2) is 29.2 Å². The molecule has 2 unspecified atom stereocenters. The maximum absolute atomic E-state index is 12.5. The molecule has 1 aromatic carbocycles. The highest BCUT2D eigenvalue weighted by molar-refractivity contribution is 7.93. The van der Waals surface area contributed by atoms with Crippen molar-refractivity contribution in [3.8, 4) is 0 Å². The standard InChI is InChI=1S/C16H22N4O2S2/c1-10(2)15-18-19-16(23-15)20-24(21,22)12-8-6-11(7-9-12)13-4-3-5-14(13)17/h6-10,13-14H,3-5,17H2,1-2H3,(H,19,20). The van der Waals surface area contributed by atoms with Gasteiger partial charge >= 0.3 is 0 Å². The molecule has 130 valence electrons. The zero-order chi connectivity index (χ0) is 17.3. The van der Waals surface area contributed by atoms with E-state index in [2.05, 4.69) is 14.9 Å². The molecule has 2 atom stereocenters. The van der Waals surface area contributed by atoms with Crippen LogP contribution in [0.2, 0.25) is 0 Å². The Hall–Kier alpha value is -1.51. The van der Waals surface area contributed by atoms with Crippen molar-refractivity contribution in [2.45, 2.75) is 55.9 Å². The van der Waals surface area contributed by atoms with Gasteiger partial charge in [-0.1, -0.05) is 43.7 Å². The number of aromatic nitrogens is 2. The maximum Gasteiger partial charge on any atom is 0.263 e. The van der Waals surface area contributed by atoms with Crippen molar-refractivity contribution < 1.29 is 8.42 Å². The summed E-state index contributed by atoms with van der Waals surface area (Å²) in [4.78, 5) is 0.221. The molecule has 0 saturated heterocycles. The second-order valence-electron chi connectivity index (χ2n) is 6.48. The number of nitrogens with two attached hydrogens (primary N) is 1. The molecule has 1 saturated carbocycles. The molecule has 3 N–H and O–H groups in total. The van der Waals surface area contributed by atoms with Gasteiger partial charge in [0.25, 0.3) is 10.0 Å². The molecule has 0 spiro atoms. The van der Waals surface area contributed by atoms with Crippen LogP contribution in [0.1, 0.15) is 55.5 Å². The molecule has 24 heavy (non-hydrogen) atoms. The minimum atomic E-state index is -3.65. The monoisotopic (exact) mass is 366 g/mol. The molecule has 2 aromatic rings. The number of sulfonamides is 1. The zero-order valence-corrected chi connectivity index (χ0v) is 15.4. The first kappa shape index (κ1) is 17.3. The molecule has 6 nitrogen and oxygen atoms in total. The van der Waals surface area contributed by atoms with Crippen molar-refractivity contribution >= 4 is 26.5 Å². The van der Waals surface area contributed by atoms with Gasteiger partial charge in [-0.15, -0.1) is 10.2 Å². The van der Waals surface area contributed by atoms with E-state index in [9.17, 15) is 8.42 Å². The van der Waals surface area contributed by atoms with Gasteiger partial charge in [-0.2, -0.15) is 0 Å². The Morgan fingerprint density at radius 3 is 2.46 bits per heavy atom. The van der Waals surface area contributed by atoms with E-state index in [-0.39, 0.29) is 16.9 Å². The molecule has 3 rings (SSSR count). The lowest BCUT2D eigenvalue weighted by Crippen LogP contribution is -2.22. The minimum absolute atomic E-state index is 0.168. The van der Waals surface area contributed by atoms with Crippen LogP contribution in [0.3, 0.4) is 0 Å². The first-order valence-electron chi connectivity index (χ1n) is 8.08. The van der Waals surface area contributed by atoms with Gasteiger partial charge in [0, 0.05) is 12.0 Å². The third kappa shape index (κ3) is 3.60. The van der Waals surface area contributed by atoms with E-state index >= 15 is 0 Å². The topological polar surface area (TPSA) is 98.0 Å². The second-order valence-corrected chi connectivity index (χ2v) is 9.17. The van der Waals surface area contributed by atoms with Crippen LogP contribution in [-0.4, -0.2) is 24.7 Å². The third-order valence-corrected chi connectivity index (χ3v) is 6.97. The summed E-state index contributed by atoms with van der Waals surface area (Å²) in [6.07, 6.45) is 3.22. The van der Waals surface area contributed by atoms with Crippen LogP contribution >= 0.6 is 11.3 Å². The lowest BCUT2D eigenvalue weighted by molar-refractivity contribution is 0.600. The zero-order valence-electron chi connectivity index (χ0n) is 13.8. The number of benzene rings is 1. The maximum atomic E-state index is 12.5. The summed E-state index contributed by atoms with van der Waals surface area (Å²) >= 11 is 1.26. The van der Waals surface area contributed by atoms with Gasteiger partial charge in [0.15, 0.2) is 0 Å². The summed E-state index contributed by atoms with van der Waals surface area (Å²) in [6.45, 7) is 3.98. The van der Waals surface area contributed by atoms with Crippen LogP contribution in [0, 0.1) is 0 Å². The van der Waals surface area contributed by atoms with Crippen molar-refractivity contribution in [2.24, 2.45) is 5.73 Å². The highest BCUT2D eigenvalue weighted by Gasteiger charge is 2.26. The molecule has 0 radical (unpaired) electrons. The van der Waals surface area contributed by atoms with Gasteiger partial charge in [0.2, 0.25) is 5.13 Å². The Bertz CT molecular complexity index is 800. The predicted molar refractivity (Wildman–Crippen MR) is 95.8 cm³/mol. The molecule has 0 aliphatic heterocycles. The lowest BCUT2D eigenvalue weighted by Gasteiger charge is -2.16. The van der Waals surface area contributed by atoms with Crippen LogP contribution in [0.25, 0.3) is 0 Å². The van der Waals surface area contributed by atoms with Gasteiger partial charge in [-0.05, 0) is 36.5 Å². The van der Waals surface area contributed by atoms with E-state index in [1.54, 1.807) is 12.1 Å². The summed E-state index contributed by atoms with van der Waals surface area (Å²) in [5.41, 5.74) is 7.23. The van der Waals surface area contributed by atoms with Gasteiger partial charge in [-0.25, -0.2) is 8.42 Å². The van der Waals surface area contributed by atoms with Gasteiger partial charge in [0.1, 0.15) is 5.01 Å². The van der Waals surface area contributed by atoms with Crippen molar-refractivity contribution in [3.05, 3.63) is 34.8 Å². The smallest absolute Gasteiger partial charge is 0.263 e. The molecule has 0 bridgehead atoms. The summed E-state index contributed by atoms with van der Waals surface area (Å²) in [6, 6.07) is 7.16. The molecule has 1 aromatic heterocycles. The number of nitrogens with one attached hydrogen (secondary N) is 1. The minimum Gasteiger partial charge on any atom is -0.327 e. The second kappa shape index (κ2) is 6.78. The molecule has 1 heterocycles. The average molecular weight is 367 g/mol. The Morgan fingerprint density at radius 2 is 1.92 bits per heavy atom. The number of anilines is 1. The van der Waals surface area contributed by atoms with E-state index in [4.69, 9.17) is 5.73 Å². The molecule has 8 heteroatoms. The van der Waals surface area contributed by atoms with Crippen LogP contribution < -0.4 is 10.5 Å². The Morgan fingerprint density at radius 1 is 1.21 bits per heavy atom. The number of nitrogens with zero attached hydrogens (tertiary/aromatic N) is 2. The first-order valence-corrected chi connectivity index (χ1v) is 10.4. The normalized spacial score (nSPS) is 21.3. The van der Waals surface area contributed by atoms with E-state index in [0.717, 1.165) is 29.8 Å². The predicted octanol–water partition coefficient (Wildman–Crippen LogP) is 3.06. The lowest BCUT2D eigenvalue weighted by atomic mass is 9.95. The van der Waals surface area contributed by atoms with Crippen molar-refractivity contribution in [2.75, 3.05) is 4.72 Å². The van der Waals surface area contributed by atoms with Crippen LogP contribution in [0.5, 0.6) is 0 Å². The molecule has 0 amide bonds. The number of hydrogen-bond acceptors (Lipinski definition) is 6. The third-order valence-electron chi connectivity index (χ3n) is 4.34. The SMILES string of the molecule is CC(C)c1nnc(NS(=O)(=O)c2ccc(C3CCCC3N)cc2)s1. The number of hydrogen-bond donors (Lipinski definition) is 2. The largest absolute Gasteiger partial charge is 0.327 e. The summed E-state index contributed by atoms with van der Waals surface area (Å²) in [5.74, 6) is 0.544. The van der Waals surface area contributed by atoms with Crippen molar-refractivity contribution in [1.29, 1.82) is 0 Å². The molecular formula is C16H22N4O2S2. The van der Waals surface area contributed by atoms with Crippen LogP contribution in [-0.2, 0) is 10.0 Å². The highest BCUT2D eigenvalue weighted by Crippen LogP contribution is 2.34. The Kier molecular flexibility index (Phi) is 4.89. The average Bonchev–Trinajstić information content (AvgIpc) is 3.16. The molecule has 1 aliphatic carbocycles. The first-order chi connectivity index (χ1) is 11.4. The summed E-state index contributed by atoms with van der Waals surface area (Å²) < 4.78 is 27.5. The fraction of sp³-hybridized carbons (Fsp3) is 0.500. The fourth-order valence-corrected chi connectivity index (χ4v) is 4.96. The quantitative estimate of drug-likeness (QED) is 0.847. The van der Waals surface area contributed by atoms with E-state index in [0.29, 0.717) is 11.0 Å². The molecule has 1 aliphatic rings. The molecular weight excluding hydrogens is 344 g/mol. The fourth-order valence-electron chi connectivity index (χ4n) is 2.98. The number of rotatable bonds is 5. The van der Waals surface area contributed by atoms with Gasteiger partial charge in [0.05, 0.1) is 4.90 Å². The van der Waals surface area contributed by atoms with Crippen molar-refractivity contribution in [1.82, 2.24) is 10.2 Å². The summed E-state index contributed by atoms with van der Waals surface area (Å²) in [7, 11) is -3.65. The summed E-state index contributed by atoms with van der Waals surface area (Å²) in [5, 5.41) is 8.99. The Labute approximate surface area is 146 Å². The van der Waals surface area contributed by atoms with Gasteiger partial charge < -0.3 is 5.73 Å². The van der Waals surface area contributed by atoms with E-state index < -0.39 is 10.0 Å². The highest BCUT2D eigenvalue weighted by atomic mass is 32.2. The Balaban J connectivity index is 1.76. The van der Waals surface area contributed by atoms with E-state index in [1.807, 2.05) is 26.0 Å². The van der Waals surface area contributed by atoms with Crippen LogP contribution in [0.4, 0.5) is 5.13 Å². The molecule has 1 fully saturated rings.